The van der Waals surface area contributed by atoms with E-state index < -0.39 is 18.0 Å². The summed E-state index contributed by atoms with van der Waals surface area (Å²) in [5, 5.41) is 13.8. The third-order valence-electron chi connectivity index (χ3n) is 1.91. The van der Waals surface area contributed by atoms with Crippen molar-refractivity contribution in [3.05, 3.63) is 12.3 Å². The molecule has 5 nitrogen and oxygen atoms in total. The molecule has 0 spiro atoms. The number of hydrogen-bond donors (Lipinski definition) is 3. The van der Waals surface area contributed by atoms with Crippen molar-refractivity contribution in [2.24, 2.45) is 5.92 Å². The number of aliphatic carboxylic acids is 1. The van der Waals surface area contributed by atoms with E-state index in [1.807, 2.05) is 26.2 Å². The second-order valence-electron chi connectivity index (χ2n) is 3.89. The fraction of sp³-hybridized carbons (Fsp3) is 0.636. The molecule has 0 aliphatic heterocycles. The van der Waals surface area contributed by atoms with Crippen molar-refractivity contribution in [2.75, 3.05) is 12.0 Å². The first kappa shape index (κ1) is 15.8. The Balaban J connectivity index is 4.08. The largest absolute Gasteiger partial charge is 0.480 e. The van der Waals surface area contributed by atoms with E-state index in [9.17, 15) is 9.59 Å². The molecule has 0 aliphatic carbocycles. The zero-order chi connectivity index (χ0) is 13.3. The van der Waals surface area contributed by atoms with Crippen molar-refractivity contribution in [1.29, 1.82) is 0 Å². The van der Waals surface area contributed by atoms with Crippen LogP contribution in [0.5, 0.6) is 0 Å². The Morgan fingerprint density at radius 3 is 2.53 bits per heavy atom. The highest BCUT2D eigenvalue weighted by molar-refractivity contribution is 7.98. The predicted octanol–water partition coefficient (Wildman–Crippen LogP) is 1.66. The van der Waals surface area contributed by atoms with Gasteiger partial charge in [-0.1, -0.05) is 19.9 Å². The lowest BCUT2D eigenvalue weighted by Crippen LogP contribution is -2.44. The summed E-state index contributed by atoms with van der Waals surface area (Å²) in [4.78, 5) is 22.2. The second-order valence-corrected chi connectivity index (χ2v) is 4.88. The van der Waals surface area contributed by atoms with Gasteiger partial charge in [0.1, 0.15) is 6.04 Å². The minimum Gasteiger partial charge on any atom is -0.480 e. The molecule has 0 aromatic heterocycles. The summed E-state index contributed by atoms with van der Waals surface area (Å²) in [5.41, 5.74) is 0. The smallest absolute Gasteiger partial charge is 0.326 e. The summed E-state index contributed by atoms with van der Waals surface area (Å²) in [6.07, 6.45) is 5.65. The molecule has 0 saturated heterocycles. The number of nitrogens with one attached hydrogen (secondary N) is 2. The van der Waals surface area contributed by atoms with Gasteiger partial charge in [0.15, 0.2) is 0 Å². The summed E-state index contributed by atoms with van der Waals surface area (Å²) < 4.78 is 0. The molecule has 2 amide bonds. The molecule has 0 aliphatic rings. The van der Waals surface area contributed by atoms with Gasteiger partial charge in [0.05, 0.1) is 0 Å². The number of hydrogen-bond acceptors (Lipinski definition) is 3. The van der Waals surface area contributed by atoms with Gasteiger partial charge in [-0.3, -0.25) is 0 Å². The van der Waals surface area contributed by atoms with Crippen molar-refractivity contribution in [3.63, 3.8) is 0 Å². The lowest BCUT2D eigenvalue weighted by molar-refractivity contribution is -0.139. The van der Waals surface area contributed by atoms with E-state index in [4.69, 9.17) is 5.11 Å². The highest BCUT2D eigenvalue weighted by atomic mass is 32.2. The summed E-state index contributed by atoms with van der Waals surface area (Å²) in [7, 11) is 0. The fourth-order valence-corrected chi connectivity index (χ4v) is 1.48. The zero-order valence-corrected chi connectivity index (χ0v) is 11.2. The molecule has 1 unspecified atom stereocenters. The highest BCUT2D eigenvalue weighted by Crippen LogP contribution is 2.00. The van der Waals surface area contributed by atoms with Crippen molar-refractivity contribution in [3.8, 4) is 0 Å². The van der Waals surface area contributed by atoms with Gasteiger partial charge < -0.3 is 15.7 Å². The molecule has 0 radical (unpaired) electrons. The molecule has 0 rings (SSSR count). The second kappa shape index (κ2) is 8.92. The molecule has 0 heterocycles. The van der Waals surface area contributed by atoms with Gasteiger partial charge in [-0.2, -0.15) is 11.8 Å². The average Bonchev–Trinajstić information content (AvgIpc) is 2.23. The van der Waals surface area contributed by atoms with E-state index in [-0.39, 0.29) is 0 Å². The molecule has 98 valence electrons. The Labute approximate surface area is 106 Å². The number of carbonyl (C=O) groups excluding carboxylic acids is 1. The van der Waals surface area contributed by atoms with Gasteiger partial charge in [0.25, 0.3) is 0 Å². The highest BCUT2D eigenvalue weighted by Gasteiger charge is 2.18. The van der Waals surface area contributed by atoms with Gasteiger partial charge in [-0.05, 0) is 24.3 Å². The van der Waals surface area contributed by atoms with Crippen molar-refractivity contribution < 1.29 is 14.7 Å². The number of carbonyl (C=O) groups is 2. The van der Waals surface area contributed by atoms with Gasteiger partial charge in [0, 0.05) is 6.20 Å². The number of thioether (sulfide) groups is 1. The predicted molar refractivity (Wildman–Crippen MR) is 70.1 cm³/mol. The Hall–Kier alpha value is -1.17. The van der Waals surface area contributed by atoms with Gasteiger partial charge in [-0.25, -0.2) is 9.59 Å². The Kier molecular flexibility index (Phi) is 8.31. The number of amides is 2. The first-order valence-corrected chi connectivity index (χ1v) is 6.82. The SMILES string of the molecule is CSCCC(NC(=O)N/C=C/C(C)C)C(=O)O. The van der Waals surface area contributed by atoms with Crippen LogP contribution in [0.2, 0.25) is 0 Å². The third-order valence-corrected chi connectivity index (χ3v) is 2.55. The van der Waals surface area contributed by atoms with E-state index in [2.05, 4.69) is 10.6 Å². The summed E-state index contributed by atoms with van der Waals surface area (Å²) in [6.45, 7) is 3.96. The molecule has 0 aromatic carbocycles. The summed E-state index contributed by atoms with van der Waals surface area (Å²) in [5.74, 6) is 0.0168. The maximum absolute atomic E-state index is 11.4. The van der Waals surface area contributed by atoms with Crippen molar-refractivity contribution in [1.82, 2.24) is 10.6 Å². The first-order chi connectivity index (χ1) is 7.97. The Bertz CT molecular complexity index is 280. The van der Waals surface area contributed by atoms with E-state index in [0.717, 1.165) is 0 Å². The van der Waals surface area contributed by atoms with E-state index >= 15 is 0 Å². The van der Waals surface area contributed by atoms with Gasteiger partial charge >= 0.3 is 12.0 Å². The molecule has 0 fully saturated rings. The van der Waals surface area contributed by atoms with Crippen LogP contribution in [0.3, 0.4) is 0 Å². The number of carboxylic acids is 1. The molecule has 1 atom stereocenters. The van der Waals surface area contributed by atoms with Crippen LogP contribution in [0.1, 0.15) is 20.3 Å². The third kappa shape index (κ3) is 8.62. The Morgan fingerprint density at radius 2 is 2.06 bits per heavy atom. The van der Waals surface area contributed by atoms with Gasteiger partial charge in [0.2, 0.25) is 0 Å². The van der Waals surface area contributed by atoms with Crippen molar-refractivity contribution >= 4 is 23.8 Å². The maximum Gasteiger partial charge on any atom is 0.326 e. The Morgan fingerprint density at radius 1 is 1.41 bits per heavy atom. The lowest BCUT2D eigenvalue weighted by atomic mass is 10.2. The number of carboxylic acid groups (broad SMARTS) is 1. The molecule has 3 N–H and O–H groups in total. The van der Waals surface area contributed by atoms with E-state index in [1.165, 1.54) is 6.20 Å². The molecular weight excluding hydrogens is 240 g/mol. The maximum atomic E-state index is 11.4. The van der Waals surface area contributed by atoms with Gasteiger partial charge in [-0.15, -0.1) is 0 Å². The standard InChI is InChI=1S/C11H20N2O3S/c1-8(2)4-6-12-11(16)13-9(10(14)15)5-7-17-3/h4,6,8-9H,5,7H2,1-3H3,(H,14,15)(H2,12,13,16)/b6-4+. The summed E-state index contributed by atoms with van der Waals surface area (Å²) >= 11 is 1.55. The molecule has 6 heteroatoms. The van der Waals surface area contributed by atoms with Crippen LogP contribution in [0.25, 0.3) is 0 Å². The monoisotopic (exact) mass is 260 g/mol. The van der Waals surface area contributed by atoms with Crippen LogP contribution in [0, 0.1) is 5.92 Å². The van der Waals surface area contributed by atoms with Crippen LogP contribution in [-0.4, -0.2) is 35.2 Å². The van der Waals surface area contributed by atoms with E-state index in [0.29, 0.717) is 18.1 Å². The first-order valence-electron chi connectivity index (χ1n) is 5.42. The number of urea groups is 1. The molecule has 0 aromatic rings. The van der Waals surface area contributed by atoms with E-state index in [1.54, 1.807) is 11.8 Å². The average molecular weight is 260 g/mol. The normalized spacial score (nSPS) is 12.7. The minimum atomic E-state index is -1.01. The molecule has 17 heavy (non-hydrogen) atoms. The minimum absolute atomic E-state index is 0.335. The lowest BCUT2D eigenvalue weighted by Gasteiger charge is -2.13. The quantitative estimate of drug-likeness (QED) is 0.650. The topological polar surface area (TPSA) is 78.4 Å². The molecular formula is C11H20N2O3S. The van der Waals surface area contributed by atoms with Crippen LogP contribution < -0.4 is 10.6 Å². The van der Waals surface area contributed by atoms with Crippen LogP contribution in [0.4, 0.5) is 4.79 Å². The molecule has 0 saturated carbocycles. The summed E-state index contributed by atoms with van der Waals surface area (Å²) in [6, 6.07) is -1.33. The fourth-order valence-electron chi connectivity index (χ4n) is 1.01. The number of rotatable bonds is 7. The van der Waals surface area contributed by atoms with Crippen molar-refractivity contribution in [2.45, 2.75) is 26.3 Å². The van der Waals surface area contributed by atoms with Crippen LogP contribution in [-0.2, 0) is 4.79 Å². The van der Waals surface area contributed by atoms with Crippen LogP contribution in [0.15, 0.2) is 12.3 Å². The number of allylic oxidation sites excluding steroid dienone is 1. The zero-order valence-electron chi connectivity index (χ0n) is 10.4. The molecule has 0 bridgehead atoms. The van der Waals surface area contributed by atoms with Crippen LogP contribution >= 0.6 is 11.8 Å².